The lowest BCUT2D eigenvalue weighted by Gasteiger charge is -1.99. The summed E-state index contributed by atoms with van der Waals surface area (Å²) in [4.78, 5) is 0. The number of nitriles is 3. The SMILES string of the molecule is N#Cc1cc(N)c(C#N)c(C#N)c1. The highest BCUT2D eigenvalue weighted by Crippen LogP contribution is 2.17. The molecule has 0 radical (unpaired) electrons. The third-order valence-electron chi connectivity index (χ3n) is 1.53. The Morgan fingerprint density at radius 1 is 1.00 bits per heavy atom. The zero-order valence-electron chi connectivity index (χ0n) is 6.57. The first kappa shape index (κ1) is 8.59. The summed E-state index contributed by atoms with van der Waals surface area (Å²) in [6.45, 7) is 0. The summed E-state index contributed by atoms with van der Waals surface area (Å²) in [5.74, 6) is 0. The quantitative estimate of drug-likeness (QED) is 0.581. The fourth-order valence-electron chi connectivity index (χ4n) is 0.942. The van der Waals surface area contributed by atoms with Gasteiger partial charge >= 0.3 is 0 Å². The van der Waals surface area contributed by atoms with Crippen LogP contribution in [0.4, 0.5) is 5.69 Å². The summed E-state index contributed by atoms with van der Waals surface area (Å²) in [7, 11) is 0. The van der Waals surface area contributed by atoms with Gasteiger partial charge in [-0.05, 0) is 12.1 Å². The lowest BCUT2D eigenvalue weighted by Crippen LogP contribution is -1.95. The molecular weight excluding hydrogens is 164 g/mol. The first-order valence-electron chi connectivity index (χ1n) is 3.36. The summed E-state index contributed by atoms with van der Waals surface area (Å²) in [5.41, 5.74) is 6.17. The summed E-state index contributed by atoms with van der Waals surface area (Å²) in [6.07, 6.45) is 0. The first-order chi connectivity index (χ1) is 6.22. The van der Waals surface area contributed by atoms with Gasteiger partial charge < -0.3 is 5.73 Å². The van der Waals surface area contributed by atoms with Gasteiger partial charge in [0.2, 0.25) is 0 Å². The molecule has 0 bridgehead atoms. The lowest BCUT2D eigenvalue weighted by molar-refractivity contribution is 1.41. The highest BCUT2D eigenvalue weighted by molar-refractivity contribution is 5.64. The van der Waals surface area contributed by atoms with Gasteiger partial charge in [0.25, 0.3) is 0 Å². The minimum Gasteiger partial charge on any atom is -0.398 e. The molecule has 0 spiro atoms. The predicted octanol–water partition coefficient (Wildman–Crippen LogP) is 0.884. The highest BCUT2D eigenvalue weighted by atomic mass is 14.6. The Labute approximate surface area is 75.0 Å². The van der Waals surface area contributed by atoms with Gasteiger partial charge in [-0.2, -0.15) is 15.8 Å². The molecule has 0 fully saturated rings. The Morgan fingerprint density at radius 3 is 2.15 bits per heavy atom. The van der Waals surface area contributed by atoms with E-state index in [-0.39, 0.29) is 22.4 Å². The van der Waals surface area contributed by atoms with Crippen molar-refractivity contribution in [2.24, 2.45) is 0 Å². The van der Waals surface area contributed by atoms with E-state index in [1.165, 1.54) is 12.1 Å². The molecule has 13 heavy (non-hydrogen) atoms. The Balaban J connectivity index is 3.54. The van der Waals surface area contributed by atoms with Crippen molar-refractivity contribution in [2.45, 2.75) is 0 Å². The standard InChI is InChI=1S/C9H4N4/c10-3-6-1-7(4-11)8(5-12)9(13)2-6/h1-2H,13H2. The number of nitrogens with two attached hydrogens (primary N) is 1. The van der Waals surface area contributed by atoms with Gasteiger partial charge in [0, 0.05) is 0 Å². The molecule has 0 amide bonds. The normalized spacial score (nSPS) is 8.08. The van der Waals surface area contributed by atoms with Crippen LogP contribution in [0.1, 0.15) is 16.7 Å². The van der Waals surface area contributed by atoms with E-state index in [0.717, 1.165) is 0 Å². The molecule has 0 saturated heterocycles. The number of rotatable bonds is 0. The van der Waals surface area contributed by atoms with E-state index in [4.69, 9.17) is 21.5 Å². The van der Waals surface area contributed by atoms with Crippen molar-refractivity contribution < 1.29 is 0 Å². The Morgan fingerprint density at radius 2 is 1.69 bits per heavy atom. The lowest BCUT2D eigenvalue weighted by atomic mass is 10.0. The van der Waals surface area contributed by atoms with Crippen molar-refractivity contribution in [2.75, 3.05) is 5.73 Å². The molecule has 4 nitrogen and oxygen atoms in total. The first-order valence-corrected chi connectivity index (χ1v) is 3.36. The second-order valence-corrected chi connectivity index (χ2v) is 2.32. The Bertz CT molecular complexity index is 468. The monoisotopic (exact) mass is 168 g/mol. The molecule has 0 aromatic heterocycles. The maximum absolute atomic E-state index is 8.63. The van der Waals surface area contributed by atoms with E-state index in [1.54, 1.807) is 0 Å². The number of hydrogen-bond donors (Lipinski definition) is 1. The van der Waals surface area contributed by atoms with Crippen LogP contribution in [-0.2, 0) is 0 Å². The minimum absolute atomic E-state index is 0.126. The Hall–Kier alpha value is -2.51. The maximum atomic E-state index is 8.63. The summed E-state index contributed by atoms with van der Waals surface area (Å²) >= 11 is 0. The van der Waals surface area contributed by atoms with E-state index >= 15 is 0 Å². The zero-order valence-corrected chi connectivity index (χ0v) is 6.57. The second-order valence-electron chi connectivity index (χ2n) is 2.32. The Kier molecular flexibility index (Phi) is 2.15. The van der Waals surface area contributed by atoms with Crippen molar-refractivity contribution >= 4 is 5.69 Å². The number of benzene rings is 1. The maximum Gasteiger partial charge on any atom is 0.103 e. The molecule has 0 aliphatic heterocycles. The van der Waals surface area contributed by atoms with Crippen LogP contribution in [-0.4, -0.2) is 0 Å². The van der Waals surface area contributed by atoms with Crippen molar-refractivity contribution in [1.82, 2.24) is 0 Å². The molecule has 4 heteroatoms. The third-order valence-corrected chi connectivity index (χ3v) is 1.53. The van der Waals surface area contributed by atoms with Gasteiger partial charge in [-0.15, -0.1) is 0 Å². The highest BCUT2D eigenvalue weighted by Gasteiger charge is 2.07. The number of anilines is 1. The molecular formula is C9H4N4. The third kappa shape index (κ3) is 1.40. The van der Waals surface area contributed by atoms with Gasteiger partial charge in [-0.25, -0.2) is 0 Å². The van der Waals surface area contributed by atoms with Crippen LogP contribution in [0.25, 0.3) is 0 Å². The summed E-state index contributed by atoms with van der Waals surface area (Å²) in [6, 6.07) is 8.19. The van der Waals surface area contributed by atoms with Crippen LogP contribution < -0.4 is 5.73 Å². The molecule has 0 heterocycles. The van der Waals surface area contributed by atoms with Crippen molar-refractivity contribution in [3.63, 3.8) is 0 Å². The van der Waals surface area contributed by atoms with Crippen LogP contribution in [0, 0.1) is 34.0 Å². The van der Waals surface area contributed by atoms with Crippen molar-refractivity contribution in [1.29, 1.82) is 15.8 Å². The minimum atomic E-state index is 0.126. The molecule has 60 valence electrons. The predicted molar refractivity (Wildman–Crippen MR) is 45.0 cm³/mol. The van der Waals surface area contributed by atoms with Gasteiger partial charge in [0.05, 0.1) is 28.4 Å². The number of nitrogens with zero attached hydrogens (tertiary/aromatic N) is 3. The molecule has 1 rings (SSSR count). The van der Waals surface area contributed by atoms with Crippen LogP contribution in [0.15, 0.2) is 12.1 Å². The largest absolute Gasteiger partial charge is 0.398 e. The van der Waals surface area contributed by atoms with Crippen LogP contribution in [0.3, 0.4) is 0 Å². The molecule has 1 aromatic carbocycles. The topological polar surface area (TPSA) is 97.4 Å². The average Bonchev–Trinajstić information content (AvgIpc) is 2.16. The smallest absolute Gasteiger partial charge is 0.103 e. The molecule has 0 aliphatic rings. The average molecular weight is 168 g/mol. The van der Waals surface area contributed by atoms with Crippen LogP contribution >= 0.6 is 0 Å². The molecule has 0 saturated carbocycles. The summed E-state index contributed by atoms with van der Waals surface area (Å²) < 4.78 is 0. The van der Waals surface area contributed by atoms with Crippen molar-refractivity contribution in [3.05, 3.63) is 28.8 Å². The molecule has 0 atom stereocenters. The van der Waals surface area contributed by atoms with Crippen molar-refractivity contribution in [3.8, 4) is 18.2 Å². The molecule has 2 N–H and O–H groups in total. The van der Waals surface area contributed by atoms with Gasteiger partial charge in [0.1, 0.15) is 12.1 Å². The zero-order chi connectivity index (χ0) is 9.84. The molecule has 0 aliphatic carbocycles. The van der Waals surface area contributed by atoms with E-state index in [0.29, 0.717) is 0 Å². The van der Waals surface area contributed by atoms with E-state index < -0.39 is 0 Å². The summed E-state index contributed by atoms with van der Waals surface area (Å²) in [5, 5.41) is 25.8. The number of nitrogen functional groups attached to an aromatic ring is 1. The molecule has 0 unspecified atom stereocenters. The van der Waals surface area contributed by atoms with Gasteiger partial charge in [-0.1, -0.05) is 0 Å². The fourth-order valence-corrected chi connectivity index (χ4v) is 0.942. The van der Waals surface area contributed by atoms with Gasteiger partial charge in [-0.3, -0.25) is 0 Å². The fraction of sp³-hybridized carbons (Fsp3) is 0. The van der Waals surface area contributed by atoms with Crippen LogP contribution in [0.5, 0.6) is 0 Å². The van der Waals surface area contributed by atoms with E-state index in [1.807, 2.05) is 18.2 Å². The second kappa shape index (κ2) is 3.26. The van der Waals surface area contributed by atoms with E-state index in [9.17, 15) is 0 Å². The number of hydrogen-bond acceptors (Lipinski definition) is 4. The van der Waals surface area contributed by atoms with E-state index in [2.05, 4.69) is 0 Å². The van der Waals surface area contributed by atoms with Gasteiger partial charge in [0.15, 0.2) is 0 Å². The van der Waals surface area contributed by atoms with Crippen LogP contribution in [0.2, 0.25) is 0 Å². The molecule has 1 aromatic rings.